The lowest BCUT2D eigenvalue weighted by Crippen LogP contribution is -2.40. The Morgan fingerprint density at radius 2 is 1.00 bits per heavy atom. The molecule has 0 saturated heterocycles. The van der Waals surface area contributed by atoms with Crippen molar-refractivity contribution >= 4 is 25.7 Å². The molecule has 2 rings (SSSR count). The molecule has 0 atom stereocenters. The minimum absolute atomic E-state index is 0.0715. The number of hydrogen-bond donors (Lipinski definition) is 2. The topological polar surface area (TPSA) is 109 Å². The fraction of sp³-hybridized carbons (Fsp3) is 0.133. The van der Waals surface area contributed by atoms with E-state index in [4.69, 9.17) is 0 Å². The first-order chi connectivity index (χ1) is 11.3. The van der Waals surface area contributed by atoms with E-state index in [9.17, 15) is 21.6 Å². The molecule has 0 unspecified atom stereocenters. The summed E-state index contributed by atoms with van der Waals surface area (Å²) >= 11 is 0. The van der Waals surface area contributed by atoms with Gasteiger partial charge in [-0.2, -0.15) is 0 Å². The first-order valence-electron chi connectivity index (χ1n) is 6.88. The van der Waals surface area contributed by atoms with Crippen molar-refractivity contribution in [3.05, 3.63) is 60.7 Å². The van der Waals surface area contributed by atoms with Gasteiger partial charge in [-0.25, -0.2) is 21.6 Å². The molecule has 0 aliphatic heterocycles. The van der Waals surface area contributed by atoms with Gasteiger partial charge in [-0.3, -0.25) is 0 Å². The molecule has 0 aliphatic rings. The average molecular weight is 368 g/mol. The van der Waals surface area contributed by atoms with Crippen LogP contribution in [-0.4, -0.2) is 34.6 Å². The second-order valence-electron chi connectivity index (χ2n) is 4.83. The van der Waals surface area contributed by atoms with Crippen molar-refractivity contribution in [3.63, 3.8) is 0 Å². The van der Waals surface area contributed by atoms with Gasteiger partial charge in [-0.15, -0.1) is 0 Å². The Balaban J connectivity index is 1.90. The summed E-state index contributed by atoms with van der Waals surface area (Å²) < 4.78 is 48.0. The number of hydrogen-bond acceptors (Lipinski definition) is 5. The predicted molar refractivity (Wildman–Crippen MR) is 88.7 cm³/mol. The van der Waals surface area contributed by atoms with Gasteiger partial charge in [-0.05, 0) is 24.3 Å². The molecule has 2 aromatic rings. The van der Waals surface area contributed by atoms with Gasteiger partial charge >= 0.3 is 6.03 Å². The third-order valence-corrected chi connectivity index (χ3v) is 6.08. The maximum Gasteiger partial charge on any atom is 0.316 e. The van der Waals surface area contributed by atoms with Crippen LogP contribution in [0.15, 0.2) is 70.5 Å². The van der Waals surface area contributed by atoms with E-state index in [1.165, 1.54) is 24.3 Å². The molecule has 0 bridgehead atoms. The average Bonchev–Trinajstić information content (AvgIpc) is 2.60. The van der Waals surface area contributed by atoms with E-state index in [1.807, 2.05) is 0 Å². The van der Waals surface area contributed by atoms with E-state index in [1.54, 1.807) is 36.4 Å². The van der Waals surface area contributed by atoms with Gasteiger partial charge in [0, 0.05) is 0 Å². The molecule has 2 N–H and O–H groups in total. The summed E-state index contributed by atoms with van der Waals surface area (Å²) in [5.74, 6) is -1.26. The summed E-state index contributed by atoms with van der Waals surface area (Å²) in [5.41, 5.74) is 0. The first kappa shape index (κ1) is 18.0. The molecule has 2 aromatic carbocycles. The Hall–Kier alpha value is -2.39. The van der Waals surface area contributed by atoms with Crippen LogP contribution in [0.25, 0.3) is 0 Å². The maximum atomic E-state index is 12.0. The van der Waals surface area contributed by atoms with Crippen LogP contribution in [0.4, 0.5) is 4.79 Å². The highest BCUT2D eigenvalue weighted by atomic mass is 32.2. The van der Waals surface area contributed by atoms with Crippen molar-refractivity contribution < 1.29 is 21.6 Å². The number of urea groups is 1. The standard InChI is InChI=1S/C15H16N2O5S2/c18-15(16-11-23(19,20)13-7-3-1-4-8-13)17-12-24(21,22)14-9-5-2-6-10-14/h1-10H,11-12H2,(H2,16,17,18). The zero-order chi connectivity index (χ0) is 17.6. The highest BCUT2D eigenvalue weighted by molar-refractivity contribution is 7.91. The highest BCUT2D eigenvalue weighted by Crippen LogP contribution is 2.09. The Morgan fingerprint density at radius 1 is 0.667 bits per heavy atom. The largest absolute Gasteiger partial charge is 0.324 e. The smallest absolute Gasteiger partial charge is 0.316 e. The van der Waals surface area contributed by atoms with Crippen molar-refractivity contribution in [2.45, 2.75) is 9.79 Å². The lowest BCUT2D eigenvalue weighted by Gasteiger charge is -2.09. The molecule has 0 spiro atoms. The van der Waals surface area contributed by atoms with Crippen molar-refractivity contribution in [3.8, 4) is 0 Å². The molecular formula is C15H16N2O5S2. The van der Waals surface area contributed by atoms with Gasteiger partial charge < -0.3 is 10.6 Å². The fourth-order valence-corrected chi connectivity index (χ4v) is 3.93. The van der Waals surface area contributed by atoms with E-state index < -0.39 is 37.5 Å². The maximum absolute atomic E-state index is 12.0. The van der Waals surface area contributed by atoms with Gasteiger partial charge in [0.05, 0.1) is 9.79 Å². The van der Waals surface area contributed by atoms with Gasteiger partial charge in [0.25, 0.3) is 0 Å². The number of carbonyl (C=O) groups excluding carboxylic acids is 1. The fourth-order valence-electron chi connectivity index (χ4n) is 1.81. The molecule has 9 heteroatoms. The normalized spacial score (nSPS) is 11.7. The van der Waals surface area contributed by atoms with Gasteiger partial charge in [-0.1, -0.05) is 36.4 Å². The van der Waals surface area contributed by atoms with Crippen LogP contribution in [0.5, 0.6) is 0 Å². The molecule has 128 valence electrons. The summed E-state index contributed by atoms with van der Waals surface area (Å²) in [6.45, 7) is 0. The van der Waals surface area contributed by atoms with Crippen molar-refractivity contribution in [1.82, 2.24) is 10.6 Å². The summed E-state index contributed by atoms with van der Waals surface area (Å²) in [4.78, 5) is 11.8. The van der Waals surface area contributed by atoms with Crippen LogP contribution >= 0.6 is 0 Å². The Morgan fingerprint density at radius 3 is 1.33 bits per heavy atom. The monoisotopic (exact) mass is 368 g/mol. The molecule has 0 aromatic heterocycles. The minimum Gasteiger partial charge on any atom is -0.324 e. The number of nitrogens with one attached hydrogen (secondary N) is 2. The van der Waals surface area contributed by atoms with Crippen LogP contribution < -0.4 is 10.6 Å². The predicted octanol–water partition coefficient (Wildman–Crippen LogP) is 1.15. The van der Waals surface area contributed by atoms with Crippen LogP contribution in [0.3, 0.4) is 0 Å². The lowest BCUT2D eigenvalue weighted by molar-refractivity contribution is 0.243. The number of amides is 2. The third-order valence-electron chi connectivity index (χ3n) is 3.05. The van der Waals surface area contributed by atoms with Crippen LogP contribution in [-0.2, 0) is 19.7 Å². The van der Waals surface area contributed by atoms with E-state index >= 15 is 0 Å². The van der Waals surface area contributed by atoms with E-state index in [-0.39, 0.29) is 9.79 Å². The minimum atomic E-state index is -3.68. The molecule has 7 nitrogen and oxygen atoms in total. The summed E-state index contributed by atoms with van der Waals surface area (Å²) in [6, 6.07) is 14.4. The van der Waals surface area contributed by atoms with E-state index in [0.29, 0.717) is 0 Å². The van der Waals surface area contributed by atoms with E-state index in [0.717, 1.165) is 0 Å². The third kappa shape index (κ3) is 4.80. The molecule has 0 radical (unpaired) electrons. The molecule has 0 fully saturated rings. The number of sulfone groups is 2. The quantitative estimate of drug-likeness (QED) is 0.795. The molecule has 0 aliphatic carbocycles. The van der Waals surface area contributed by atoms with Crippen LogP contribution in [0.1, 0.15) is 0 Å². The van der Waals surface area contributed by atoms with Gasteiger partial charge in [0.15, 0.2) is 19.7 Å². The molecule has 2 amide bonds. The number of carbonyl (C=O) groups is 1. The zero-order valence-electron chi connectivity index (χ0n) is 12.5. The Labute approximate surface area is 140 Å². The van der Waals surface area contributed by atoms with Crippen molar-refractivity contribution in [2.75, 3.05) is 11.8 Å². The first-order valence-corrected chi connectivity index (χ1v) is 10.2. The molecule has 0 heterocycles. The van der Waals surface area contributed by atoms with E-state index in [2.05, 4.69) is 10.6 Å². The summed E-state index contributed by atoms with van der Waals surface area (Å²) in [7, 11) is -7.37. The highest BCUT2D eigenvalue weighted by Gasteiger charge is 2.18. The number of rotatable bonds is 6. The Bertz CT molecular complexity index is 820. The second-order valence-corrected chi connectivity index (χ2v) is 8.81. The zero-order valence-corrected chi connectivity index (χ0v) is 14.2. The molecular weight excluding hydrogens is 352 g/mol. The van der Waals surface area contributed by atoms with Crippen molar-refractivity contribution in [2.24, 2.45) is 0 Å². The van der Waals surface area contributed by atoms with Crippen LogP contribution in [0.2, 0.25) is 0 Å². The molecule has 24 heavy (non-hydrogen) atoms. The van der Waals surface area contributed by atoms with Gasteiger partial charge in [0.1, 0.15) is 11.8 Å². The van der Waals surface area contributed by atoms with Crippen LogP contribution in [0, 0.1) is 0 Å². The molecule has 0 saturated carbocycles. The lowest BCUT2D eigenvalue weighted by atomic mass is 10.4. The van der Waals surface area contributed by atoms with Gasteiger partial charge in [0.2, 0.25) is 0 Å². The Kier molecular flexibility index (Phi) is 5.58. The summed E-state index contributed by atoms with van der Waals surface area (Å²) in [5, 5.41) is 4.29. The van der Waals surface area contributed by atoms with Crippen molar-refractivity contribution in [1.29, 1.82) is 0 Å². The summed E-state index contributed by atoms with van der Waals surface area (Å²) in [6.07, 6.45) is 0. The second kappa shape index (κ2) is 7.45. The SMILES string of the molecule is O=C(NCS(=O)(=O)c1ccccc1)NCS(=O)(=O)c1ccccc1. The number of benzene rings is 2.